The van der Waals surface area contributed by atoms with Gasteiger partial charge in [0.25, 0.3) is 5.91 Å². The summed E-state index contributed by atoms with van der Waals surface area (Å²) >= 11 is 1.10. The molecule has 0 unspecified atom stereocenters. The fraction of sp³-hybridized carbons (Fsp3) is 0.400. The van der Waals surface area contributed by atoms with Crippen LogP contribution in [0.1, 0.15) is 27.7 Å². The number of fused-ring (bicyclic) bond motifs is 1. The van der Waals surface area contributed by atoms with Gasteiger partial charge in [-0.1, -0.05) is 18.2 Å². The molecule has 1 aromatic carbocycles. The summed E-state index contributed by atoms with van der Waals surface area (Å²) in [4.78, 5) is 25.3. The van der Waals surface area contributed by atoms with Gasteiger partial charge in [-0.3, -0.25) is 4.79 Å². The van der Waals surface area contributed by atoms with Gasteiger partial charge in [-0.25, -0.2) is 13.2 Å². The summed E-state index contributed by atoms with van der Waals surface area (Å²) in [7, 11) is -3.20. The Kier molecular flexibility index (Phi) is 7.46. The summed E-state index contributed by atoms with van der Waals surface area (Å²) in [5, 5.41) is 2.96. The molecular weight excluding hydrogens is 430 g/mol. The van der Waals surface area contributed by atoms with Crippen LogP contribution in [0, 0.1) is 0 Å². The number of sulfone groups is 1. The van der Waals surface area contributed by atoms with Crippen LogP contribution in [0.25, 0.3) is 0 Å². The summed E-state index contributed by atoms with van der Waals surface area (Å²) in [6, 6.07) is 9.24. The van der Waals surface area contributed by atoms with Crippen molar-refractivity contribution in [3.63, 3.8) is 0 Å². The van der Waals surface area contributed by atoms with Crippen molar-refractivity contribution >= 4 is 38.1 Å². The van der Waals surface area contributed by atoms with E-state index in [0.29, 0.717) is 21.2 Å². The van der Waals surface area contributed by atoms with Crippen molar-refractivity contribution in [3.05, 3.63) is 46.3 Å². The lowest BCUT2D eigenvalue weighted by Gasteiger charge is -2.13. The van der Waals surface area contributed by atoms with Crippen LogP contribution in [-0.4, -0.2) is 52.5 Å². The fourth-order valence-corrected chi connectivity index (χ4v) is 6.05. The van der Waals surface area contributed by atoms with Crippen LogP contribution in [0.3, 0.4) is 0 Å². The van der Waals surface area contributed by atoms with Gasteiger partial charge in [-0.15, -0.1) is 11.3 Å². The molecule has 162 valence electrons. The van der Waals surface area contributed by atoms with Crippen LogP contribution in [0.2, 0.25) is 0 Å². The molecule has 0 bridgehead atoms. The minimum Gasteiger partial charge on any atom is -0.491 e. The number of carbonyl (C=O) groups excluding carboxylic acids is 2. The number of hydrogen-bond acceptors (Lipinski definition) is 8. The van der Waals surface area contributed by atoms with Crippen molar-refractivity contribution in [3.8, 4) is 5.75 Å². The standard InChI is InChI=1S/C20H23NO7S2/c1-2-27-20(23)18-15-8-11-30(24,25)13-16(15)29-19(18)21-17(22)12-26-9-10-28-14-6-4-3-5-7-14/h3-7H,2,8-13H2,1H3,(H,21,22). The lowest BCUT2D eigenvalue weighted by molar-refractivity contribution is -0.120. The number of carbonyl (C=O) groups is 2. The smallest absolute Gasteiger partial charge is 0.341 e. The van der Waals surface area contributed by atoms with Crippen molar-refractivity contribution in [1.82, 2.24) is 0 Å². The first-order valence-electron chi connectivity index (χ1n) is 9.47. The van der Waals surface area contributed by atoms with Crippen molar-refractivity contribution in [2.45, 2.75) is 19.1 Å². The SMILES string of the molecule is CCOC(=O)c1c(NC(=O)COCCOc2ccccc2)sc2c1CCS(=O)(=O)C2. The minimum atomic E-state index is -3.20. The molecule has 1 amide bonds. The monoisotopic (exact) mass is 453 g/mol. The number of amides is 1. The molecule has 0 aliphatic carbocycles. The molecule has 1 aliphatic rings. The third-order valence-electron chi connectivity index (χ3n) is 4.31. The Morgan fingerprint density at radius 3 is 2.67 bits per heavy atom. The zero-order valence-corrected chi connectivity index (χ0v) is 18.1. The van der Waals surface area contributed by atoms with E-state index < -0.39 is 21.7 Å². The predicted octanol–water partition coefficient (Wildman–Crippen LogP) is 2.43. The third kappa shape index (κ3) is 5.80. The molecule has 0 saturated heterocycles. The van der Waals surface area contributed by atoms with Gasteiger partial charge in [0, 0.05) is 4.88 Å². The summed E-state index contributed by atoms with van der Waals surface area (Å²) < 4.78 is 39.8. The molecule has 1 aliphatic heterocycles. The Hall–Kier alpha value is -2.43. The number of ether oxygens (including phenoxy) is 3. The number of benzene rings is 1. The molecule has 0 fully saturated rings. The van der Waals surface area contributed by atoms with Crippen LogP contribution in [0.4, 0.5) is 5.00 Å². The molecule has 2 aromatic rings. The highest BCUT2D eigenvalue weighted by atomic mass is 32.2. The quantitative estimate of drug-likeness (QED) is 0.459. The maximum absolute atomic E-state index is 12.4. The first kappa shape index (κ1) is 22.3. The van der Waals surface area contributed by atoms with Crippen molar-refractivity contribution in [1.29, 1.82) is 0 Å². The molecule has 0 radical (unpaired) electrons. The number of esters is 1. The van der Waals surface area contributed by atoms with Gasteiger partial charge in [-0.2, -0.15) is 0 Å². The normalized spacial score (nSPS) is 14.6. The Morgan fingerprint density at radius 1 is 1.17 bits per heavy atom. The highest BCUT2D eigenvalue weighted by Gasteiger charge is 2.32. The van der Waals surface area contributed by atoms with Crippen molar-refractivity contribution < 1.29 is 32.2 Å². The summed E-state index contributed by atoms with van der Waals surface area (Å²) in [6.07, 6.45) is 0.228. The second-order valence-corrected chi connectivity index (χ2v) is 9.82. The summed E-state index contributed by atoms with van der Waals surface area (Å²) in [6.45, 7) is 2.15. The molecule has 0 saturated carbocycles. The number of para-hydroxylation sites is 1. The van der Waals surface area contributed by atoms with Gasteiger partial charge in [0.15, 0.2) is 9.84 Å². The van der Waals surface area contributed by atoms with E-state index in [1.807, 2.05) is 30.3 Å². The van der Waals surface area contributed by atoms with Gasteiger partial charge < -0.3 is 19.5 Å². The van der Waals surface area contributed by atoms with Gasteiger partial charge >= 0.3 is 5.97 Å². The molecule has 2 heterocycles. The second kappa shape index (κ2) is 10.1. The number of anilines is 1. The number of rotatable bonds is 9. The highest BCUT2D eigenvalue weighted by Crippen LogP contribution is 2.38. The van der Waals surface area contributed by atoms with E-state index in [4.69, 9.17) is 14.2 Å². The molecule has 0 atom stereocenters. The van der Waals surface area contributed by atoms with E-state index in [1.54, 1.807) is 6.92 Å². The van der Waals surface area contributed by atoms with E-state index in [9.17, 15) is 18.0 Å². The maximum Gasteiger partial charge on any atom is 0.341 e. The van der Waals surface area contributed by atoms with Crippen LogP contribution in [-0.2, 0) is 36.3 Å². The van der Waals surface area contributed by atoms with Crippen molar-refractivity contribution in [2.75, 3.05) is 37.5 Å². The third-order valence-corrected chi connectivity index (χ3v) is 7.19. The van der Waals surface area contributed by atoms with Crippen LogP contribution in [0.5, 0.6) is 5.75 Å². The average Bonchev–Trinajstić information content (AvgIpc) is 3.04. The van der Waals surface area contributed by atoms with Crippen LogP contribution in [0.15, 0.2) is 30.3 Å². The van der Waals surface area contributed by atoms with Crippen LogP contribution < -0.4 is 10.1 Å². The lowest BCUT2D eigenvalue weighted by atomic mass is 10.1. The zero-order chi connectivity index (χ0) is 21.6. The Labute approximate surface area is 179 Å². The Balaban J connectivity index is 1.58. The number of thiophene rings is 1. The lowest BCUT2D eigenvalue weighted by Crippen LogP contribution is -2.22. The van der Waals surface area contributed by atoms with Gasteiger partial charge in [-0.05, 0) is 31.0 Å². The molecule has 8 nitrogen and oxygen atoms in total. The van der Waals surface area contributed by atoms with Crippen LogP contribution >= 0.6 is 11.3 Å². The maximum atomic E-state index is 12.4. The Morgan fingerprint density at radius 2 is 1.93 bits per heavy atom. The molecule has 3 rings (SSSR count). The van der Waals surface area contributed by atoms with E-state index >= 15 is 0 Å². The van der Waals surface area contributed by atoms with E-state index in [2.05, 4.69) is 5.32 Å². The first-order chi connectivity index (χ1) is 14.4. The van der Waals surface area contributed by atoms with Crippen molar-refractivity contribution in [2.24, 2.45) is 0 Å². The van der Waals surface area contributed by atoms with E-state index in [1.165, 1.54) is 0 Å². The average molecular weight is 454 g/mol. The first-order valence-corrected chi connectivity index (χ1v) is 12.1. The summed E-state index contributed by atoms with van der Waals surface area (Å²) in [5.41, 5.74) is 0.883. The number of nitrogens with one attached hydrogen (secondary N) is 1. The molecule has 0 spiro atoms. The molecule has 10 heteroatoms. The highest BCUT2D eigenvalue weighted by molar-refractivity contribution is 7.90. The van der Waals surface area contributed by atoms with E-state index in [-0.39, 0.29) is 49.9 Å². The topological polar surface area (TPSA) is 108 Å². The summed E-state index contributed by atoms with van der Waals surface area (Å²) in [5.74, 6) is -0.462. The van der Waals surface area contributed by atoms with Gasteiger partial charge in [0.1, 0.15) is 24.0 Å². The van der Waals surface area contributed by atoms with Gasteiger partial charge in [0.05, 0.1) is 30.3 Å². The fourth-order valence-electron chi connectivity index (χ4n) is 2.99. The predicted molar refractivity (Wildman–Crippen MR) is 113 cm³/mol. The minimum absolute atomic E-state index is 0.0267. The second-order valence-electron chi connectivity index (χ2n) is 6.53. The molecular formula is C20H23NO7S2. The number of hydrogen-bond donors (Lipinski definition) is 1. The van der Waals surface area contributed by atoms with E-state index in [0.717, 1.165) is 11.3 Å². The largest absolute Gasteiger partial charge is 0.491 e. The molecule has 1 aromatic heterocycles. The van der Waals surface area contributed by atoms with Gasteiger partial charge in [0.2, 0.25) is 0 Å². The molecule has 1 N–H and O–H groups in total. The zero-order valence-electron chi connectivity index (χ0n) is 16.5. The Bertz CT molecular complexity index is 1000. The molecule has 30 heavy (non-hydrogen) atoms.